The van der Waals surface area contributed by atoms with Crippen LogP contribution in [0.15, 0.2) is 60.8 Å². The third kappa shape index (κ3) is 5.14. The first kappa shape index (κ1) is 20.9. The van der Waals surface area contributed by atoms with Crippen LogP contribution in [0.1, 0.15) is 24.2 Å². The Morgan fingerprint density at radius 2 is 1.83 bits per heavy atom. The third-order valence-electron chi connectivity index (χ3n) is 5.14. The molecule has 0 bridgehead atoms. The minimum atomic E-state index is -1.13. The Kier molecular flexibility index (Phi) is 6.53. The van der Waals surface area contributed by atoms with Crippen molar-refractivity contribution in [1.29, 1.82) is 0 Å². The number of hydrogen-bond donors (Lipinski definition) is 6. The maximum Gasteiger partial charge on any atom is 0.405 e. The molecule has 0 saturated heterocycles. The fourth-order valence-corrected chi connectivity index (χ4v) is 3.62. The van der Waals surface area contributed by atoms with Crippen molar-refractivity contribution in [3.8, 4) is 0 Å². The average Bonchev–Trinajstić information content (AvgIpc) is 3.11. The summed E-state index contributed by atoms with van der Waals surface area (Å²) in [6.07, 6.45) is 0.284. The zero-order valence-corrected chi connectivity index (χ0v) is 16.3. The summed E-state index contributed by atoms with van der Waals surface area (Å²) in [6, 6.07) is 16.3. The Hall–Kier alpha value is -2.87. The number of carbonyl (C=O) groups is 1. The highest BCUT2D eigenvalue weighted by atomic mass is 16.4. The molecule has 1 amide bonds. The van der Waals surface area contributed by atoms with Gasteiger partial charge in [0.15, 0.2) is 0 Å². The van der Waals surface area contributed by atoms with Gasteiger partial charge in [-0.1, -0.05) is 48.5 Å². The van der Waals surface area contributed by atoms with Gasteiger partial charge in [0.1, 0.15) is 0 Å². The highest BCUT2D eigenvalue weighted by molar-refractivity contribution is 5.83. The number of hydrogen-bond acceptors (Lipinski definition) is 4. The van der Waals surface area contributed by atoms with Crippen molar-refractivity contribution < 1.29 is 20.1 Å². The molecule has 1 aromatic heterocycles. The minimum absolute atomic E-state index is 0.230. The number of nitrogens with one attached hydrogen (secondary N) is 3. The number of benzene rings is 2. The fraction of sp³-hybridized carbons (Fsp3) is 0.318. The summed E-state index contributed by atoms with van der Waals surface area (Å²) in [5.74, 6) is 0. The number of para-hydroxylation sites is 1. The predicted octanol–water partition coefficient (Wildman–Crippen LogP) is 2.42. The number of aromatic amines is 1. The summed E-state index contributed by atoms with van der Waals surface area (Å²) < 4.78 is 0. The molecule has 29 heavy (non-hydrogen) atoms. The van der Waals surface area contributed by atoms with Crippen molar-refractivity contribution in [1.82, 2.24) is 15.6 Å². The van der Waals surface area contributed by atoms with Gasteiger partial charge in [0.25, 0.3) is 0 Å². The molecule has 1 heterocycles. The lowest BCUT2D eigenvalue weighted by Gasteiger charge is -2.33. The van der Waals surface area contributed by atoms with E-state index >= 15 is 0 Å². The SMILES string of the molecule is CC(CNC(CO)C(O)c1ccccc1)(Cc1c[nH]c2ccccc12)NC(=O)O. The molecule has 0 saturated carbocycles. The number of rotatable bonds is 9. The Balaban J connectivity index is 1.76. The van der Waals surface area contributed by atoms with E-state index in [9.17, 15) is 20.1 Å². The molecule has 2 aromatic carbocycles. The number of amides is 1. The molecule has 3 aromatic rings. The molecule has 7 heteroatoms. The van der Waals surface area contributed by atoms with Crippen molar-refractivity contribution in [3.05, 3.63) is 71.9 Å². The average molecular weight is 397 g/mol. The van der Waals surface area contributed by atoms with Crippen LogP contribution in [-0.4, -0.2) is 51.1 Å². The van der Waals surface area contributed by atoms with Crippen LogP contribution in [0.4, 0.5) is 4.79 Å². The molecule has 6 N–H and O–H groups in total. The maximum atomic E-state index is 11.4. The molecule has 0 spiro atoms. The highest BCUT2D eigenvalue weighted by Gasteiger charge is 2.30. The van der Waals surface area contributed by atoms with Gasteiger partial charge in [0.2, 0.25) is 0 Å². The molecule has 0 aliphatic carbocycles. The maximum absolute atomic E-state index is 11.4. The molecular weight excluding hydrogens is 370 g/mol. The Bertz CT molecular complexity index is 943. The van der Waals surface area contributed by atoms with E-state index in [1.807, 2.05) is 48.7 Å². The lowest BCUT2D eigenvalue weighted by molar-refractivity contribution is 0.0851. The second kappa shape index (κ2) is 9.09. The van der Waals surface area contributed by atoms with E-state index in [1.165, 1.54) is 0 Å². The van der Waals surface area contributed by atoms with E-state index in [4.69, 9.17) is 0 Å². The summed E-state index contributed by atoms with van der Waals surface area (Å²) in [5, 5.41) is 36.5. The number of aromatic nitrogens is 1. The van der Waals surface area contributed by atoms with Crippen LogP contribution in [0, 0.1) is 0 Å². The van der Waals surface area contributed by atoms with Crippen molar-refractivity contribution >= 4 is 17.0 Å². The molecule has 0 aliphatic heterocycles. The molecule has 3 atom stereocenters. The van der Waals surface area contributed by atoms with Gasteiger partial charge in [0.05, 0.1) is 24.3 Å². The standard InChI is InChI=1S/C22H27N3O4/c1-22(25-21(28)29,11-16-12-23-18-10-6-5-9-17(16)18)14-24-19(13-26)20(27)15-7-3-2-4-8-15/h2-10,12,19-20,23-27H,11,13-14H2,1H3,(H,28,29). The summed E-state index contributed by atoms with van der Waals surface area (Å²) >= 11 is 0. The van der Waals surface area contributed by atoms with Crippen molar-refractivity contribution in [2.45, 2.75) is 31.0 Å². The quantitative estimate of drug-likeness (QED) is 0.332. The van der Waals surface area contributed by atoms with Crippen molar-refractivity contribution in [3.63, 3.8) is 0 Å². The predicted molar refractivity (Wildman–Crippen MR) is 112 cm³/mol. The van der Waals surface area contributed by atoms with E-state index in [0.717, 1.165) is 16.5 Å². The molecule has 3 unspecified atom stereocenters. The van der Waals surface area contributed by atoms with Gasteiger partial charge in [0, 0.05) is 23.6 Å². The smallest absolute Gasteiger partial charge is 0.405 e. The zero-order chi connectivity index (χ0) is 20.9. The van der Waals surface area contributed by atoms with E-state index in [2.05, 4.69) is 15.6 Å². The van der Waals surface area contributed by atoms with Gasteiger partial charge in [-0.05, 0) is 30.5 Å². The van der Waals surface area contributed by atoms with Crippen LogP contribution in [0.5, 0.6) is 0 Å². The van der Waals surface area contributed by atoms with Crippen molar-refractivity contribution in [2.24, 2.45) is 0 Å². The first-order valence-corrected chi connectivity index (χ1v) is 9.55. The normalized spacial score (nSPS) is 15.6. The molecular formula is C22H27N3O4. The number of carboxylic acid groups (broad SMARTS) is 1. The molecule has 154 valence electrons. The number of aliphatic hydroxyl groups is 2. The summed E-state index contributed by atoms with van der Waals surface area (Å²) in [6.45, 7) is 1.75. The second-order valence-electron chi connectivity index (χ2n) is 7.55. The van der Waals surface area contributed by atoms with Gasteiger partial charge >= 0.3 is 6.09 Å². The van der Waals surface area contributed by atoms with E-state index in [1.54, 1.807) is 19.1 Å². The number of fused-ring (bicyclic) bond motifs is 1. The highest BCUT2D eigenvalue weighted by Crippen LogP contribution is 2.23. The number of H-pyrrole nitrogens is 1. The van der Waals surface area contributed by atoms with Crippen LogP contribution >= 0.6 is 0 Å². The van der Waals surface area contributed by atoms with Crippen LogP contribution in [-0.2, 0) is 6.42 Å². The van der Waals surface area contributed by atoms with Gasteiger partial charge in [-0.15, -0.1) is 0 Å². The topological polar surface area (TPSA) is 118 Å². The van der Waals surface area contributed by atoms with Gasteiger partial charge in [-0.25, -0.2) is 4.79 Å². The largest absolute Gasteiger partial charge is 0.465 e. The van der Waals surface area contributed by atoms with Crippen LogP contribution in [0.25, 0.3) is 10.9 Å². The summed E-state index contributed by atoms with van der Waals surface area (Å²) in [7, 11) is 0. The lowest BCUT2D eigenvalue weighted by Crippen LogP contribution is -2.56. The van der Waals surface area contributed by atoms with E-state index in [0.29, 0.717) is 12.0 Å². The minimum Gasteiger partial charge on any atom is -0.465 e. The van der Waals surface area contributed by atoms with Crippen molar-refractivity contribution in [2.75, 3.05) is 13.2 Å². The van der Waals surface area contributed by atoms with Gasteiger partial charge in [-0.2, -0.15) is 0 Å². The first-order valence-electron chi connectivity index (χ1n) is 9.55. The Morgan fingerprint density at radius 3 is 2.52 bits per heavy atom. The monoisotopic (exact) mass is 397 g/mol. The van der Waals surface area contributed by atoms with E-state index in [-0.39, 0.29) is 13.2 Å². The van der Waals surface area contributed by atoms with Gasteiger partial charge in [-0.3, -0.25) is 0 Å². The molecule has 3 rings (SSSR count). The Morgan fingerprint density at radius 1 is 1.14 bits per heavy atom. The lowest BCUT2D eigenvalue weighted by atomic mass is 9.91. The molecule has 7 nitrogen and oxygen atoms in total. The van der Waals surface area contributed by atoms with Gasteiger partial charge < -0.3 is 30.9 Å². The zero-order valence-electron chi connectivity index (χ0n) is 16.3. The third-order valence-corrected chi connectivity index (χ3v) is 5.14. The summed E-state index contributed by atoms with van der Waals surface area (Å²) in [5.41, 5.74) is 1.81. The summed E-state index contributed by atoms with van der Waals surface area (Å²) in [4.78, 5) is 14.6. The molecule has 0 aliphatic rings. The molecule has 0 fully saturated rings. The number of aliphatic hydroxyl groups excluding tert-OH is 2. The Labute approximate surface area is 169 Å². The van der Waals surface area contributed by atoms with Crippen LogP contribution < -0.4 is 10.6 Å². The molecule has 0 radical (unpaired) electrons. The van der Waals surface area contributed by atoms with E-state index < -0.39 is 23.8 Å². The van der Waals surface area contributed by atoms with Crippen LogP contribution in [0.3, 0.4) is 0 Å². The second-order valence-corrected chi connectivity index (χ2v) is 7.55. The first-order chi connectivity index (χ1) is 13.9. The van der Waals surface area contributed by atoms with Crippen LogP contribution in [0.2, 0.25) is 0 Å². The fourth-order valence-electron chi connectivity index (χ4n) is 3.62.